The first kappa shape index (κ1) is 23.0. The summed E-state index contributed by atoms with van der Waals surface area (Å²) in [6, 6.07) is 13.2. The largest absolute Gasteiger partial charge is 0.491 e. The van der Waals surface area contributed by atoms with E-state index >= 15 is 0 Å². The van der Waals surface area contributed by atoms with Gasteiger partial charge in [-0.15, -0.1) is 0 Å². The number of pyridine rings is 1. The molecule has 1 saturated heterocycles. The highest BCUT2D eigenvalue weighted by Gasteiger charge is 2.35. The average Bonchev–Trinajstić information content (AvgIpc) is 3.13. The molecule has 1 unspecified atom stereocenters. The molecule has 2 amide bonds. The Morgan fingerprint density at radius 1 is 1.14 bits per heavy atom. The van der Waals surface area contributed by atoms with E-state index in [9.17, 15) is 14.0 Å². The van der Waals surface area contributed by atoms with E-state index in [1.165, 1.54) is 12.1 Å². The Labute approximate surface area is 212 Å². The number of rotatable bonds is 2. The van der Waals surface area contributed by atoms with Crippen LogP contribution in [0, 0.1) is 5.82 Å². The number of carbonyl (C=O) groups excluding carboxylic acids is 2. The monoisotopic (exact) mass is 500 g/mol. The number of piperidine rings is 1. The maximum Gasteiger partial charge on any atom is 0.320 e. The number of H-pyrrole nitrogens is 1. The lowest BCUT2D eigenvalue weighted by Crippen LogP contribution is -2.48. The third kappa shape index (κ3) is 4.46. The molecular weight excluding hydrogens is 475 g/mol. The SMILES string of the molecule is Nc1nc2ncc(-c3ccc4c(c3)CN(C(=O)N3CCC(=O)CC3c3cccc(F)c3)CCO4)cc2[nH]1. The maximum absolute atomic E-state index is 14.0. The number of nitrogen functional groups attached to an aromatic ring is 1. The Morgan fingerprint density at radius 3 is 2.89 bits per heavy atom. The second-order valence-electron chi connectivity index (χ2n) is 9.35. The van der Waals surface area contributed by atoms with Gasteiger partial charge in [-0.2, -0.15) is 4.98 Å². The van der Waals surface area contributed by atoms with E-state index in [1.54, 1.807) is 28.1 Å². The van der Waals surface area contributed by atoms with Crippen LogP contribution in [0.3, 0.4) is 0 Å². The molecule has 4 aromatic rings. The molecule has 0 spiro atoms. The van der Waals surface area contributed by atoms with Gasteiger partial charge in [-0.3, -0.25) is 4.79 Å². The quantitative estimate of drug-likeness (QED) is 0.429. The van der Waals surface area contributed by atoms with Crippen LogP contribution >= 0.6 is 0 Å². The summed E-state index contributed by atoms with van der Waals surface area (Å²) in [6.07, 6.45) is 2.20. The molecule has 1 fully saturated rings. The summed E-state index contributed by atoms with van der Waals surface area (Å²) < 4.78 is 19.9. The number of amides is 2. The number of benzene rings is 2. The summed E-state index contributed by atoms with van der Waals surface area (Å²) in [6.45, 7) is 1.37. The molecule has 0 bridgehead atoms. The highest BCUT2D eigenvalue weighted by atomic mass is 19.1. The van der Waals surface area contributed by atoms with Gasteiger partial charge >= 0.3 is 6.03 Å². The zero-order chi connectivity index (χ0) is 25.5. The van der Waals surface area contributed by atoms with E-state index in [-0.39, 0.29) is 24.7 Å². The average molecular weight is 501 g/mol. The number of imidazole rings is 1. The number of carbonyl (C=O) groups is 2. The van der Waals surface area contributed by atoms with Gasteiger partial charge in [0.15, 0.2) is 11.6 Å². The van der Waals surface area contributed by atoms with Crippen LogP contribution < -0.4 is 10.5 Å². The van der Waals surface area contributed by atoms with Crippen molar-refractivity contribution in [3.63, 3.8) is 0 Å². The number of nitrogens with two attached hydrogens (primary N) is 1. The topological polar surface area (TPSA) is 117 Å². The molecule has 0 radical (unpaired) electrons. The normalized spacial score (nSPS) is 17.9. The van der Waals surface area contributed by atoms with Crippen LogP contribution in [0.1, 0.15) is 30.0 Å². The van der Waals surface area contributed by atoms with E-state index in [0.717, 1.165) is 28.0 Å². The number of aromatic amines is 1. The molecule has 9 nitrogen and oxygen atoms in total. The number of nitrogens with one attached hydrogen (secondary N) is 1. The Hall–Kier alpha value is -4.47. The minimum atomic E-state index is -0.501. The molecule has 2 aliphatic heterocycles. The van der Waals surface area contributed by atoms with Crippen LogP contribution in [0.25, 0.3) is 22.3 Å². The second-order valence-corrected chi connectivity index (χ2v) is 9.35. The molecule has 37 heavy (non-hydrogen) atoms. The Balaban J connectivity index is 1.28. The molecule has 3 N–H and O–H groups in total. The zero-order valence-electron chi connectivity index (χ0n) is 20.0. The third-order valence-electron chi connectivity index (χ3n) is 6.91. The fourth-order valence-electron chi connectivity index (χ4n) is 5.06. The van der Waals surface area contributed by atoms with E-state index in [0.29, 0.717) is 43.4 Å². The van der Waals surface area contributed by atoms with Crippen molar-refractivity contribution < 1.29 is 18.7 Å². The summed E-state index contributed by atoms with van der Waals surface area (Å²) in [5.74, 6) is 0.699. The van der Waals surface area contributed by atoms with Crippen molar-refractivity contribution in [3.05, 3.63) is 71.7 Å². The summed E-state index contributed by atoms with van der Waals surface area (Å²) in [5.41, 5.74) is 10.3. The summed E-state index contributed by atoms with van der Waals surface area (Å²) in [7, 11) is 0. The van der Waals surface area contributed by atoms with E-state index in [2.05, 4.69) is 15.0 Å². The lowest BCUT2D eigenvalue weighted by Gasteiger charge is -2.38. The molecule has 2 aliphatic rings. The van der Waals surface area contributed by atoms with Crippen molar-refractivity contribution in [1.29, 1.82) is 0 Å². The first-order valence-electron chi connectivity index (χ1n) is 12.1. The van der Waals surface area contributed by atoms with Crippen LogP contribution in [0.15, 0.2) is 54.7 Å². The number of ether oxygens (including phenoxy) is 1. The van der Waals surface area contributed by atoms with Crippen molar-refractivity contribution in [3.8, 4) is 16.9 Å². The third-order valence-corrected chi connectivity index (χ3v) is 6.91. The number of aromatic nitrogens is 3. The fraction of sp³-hybridized carbons (Fsp3) is 0.259. The number of nitrogens with zero attached hydrogens (tertiary/aromatic N) is 4. The molecule has 1 atom stereocenters. The van der Waals surface area contributed by atoms with Gasteiger partial charge < -0.3 is 25.3 Å². The minimum absolute atomic E-state index is 0.0668. The predicted octanol–water partition coefficient (Wildman–Crippen LogP) is 4.07. The van der Waals surface area contributed by atoms with Crippen LogP contribution in [0.2, 0.25) is 0 Å². The van der Waals surface area contributed by atoms with Crippen LogP contribution in [-0.2, 0) is 11.3 Å². The van der Waals surface area contributed by atoms with Gasteiger partial charge in [0.05, 0.1) is 24.6 Å². The smallest absolute Gasteiger partial charge is 0.320 e. The van der Waals surface area contributed by atoms with Crippen molar-refractivity contribution >= 4 is 28.9 Å². The van der Waals surface area contributed by atoms with Crippen LogP contribution in [0.4, 0.5) is 15.1 Å². The zero-order valence-corrected chi connectivity index (χ0v) is 20.0. The van der Waals surface area contributed by atoms with Crippen LogP contribution in [0.5, 0.6) is 5.75 Å². The van der Waals surface area contributed by atoms with Crippen molar-refractivity contribution in [2.45, 2.75) is 25.4 Å². The van der Waals surface area contributed by atoms with Gasteiger partial charge in [-0.1, -0.05) is 18.2 Å². The Bertz CT molecular complexity index is 1520. The Kier molecular flexibility index (Phi) is 5.71. The molecular formula is C27H25FN6O3. The minimum Gasteiger partial charge on any atom is -0.491 e. The number of halogens is 1. The number of fused-ring (bicyclic) bond motifs is 2. The predicted molar refractivity (Wildman–Crippen MR) is 135 cm³/mol. The molecule has 188 valence electrons. The van der Waals surface area contributed by atoms with Gasteiger partial charge in [0.2, 0.25) is 0 Å². The Morgan fingerprint density at radius 2 is 2.03 bits per heavy atom. The number of hydrogen-bond donors (Lipinski definition) is 2. The second kappa shape index (κ2) is 9.20. The number of likely N-dealkylation sites (tertiary alicyclic amines) is 1. The highest BCUT2D eigenvalue weighted by molar-refractivity contribution is 5.84. The molecule has 0 saturated carbocycles. The summed E-state index contributed by atoms with van der Waals surface area (Å²) in [4.78, 5) is 41.0. The highest BCUT2D eigenvalue weighted by Crippen LogP contribution is 2.33. The van der Waals surface area contributed by atoms with E-state index < -0.39 is 11.9 Å². The molecule has 6 rings (SSSR count). The number of hydrogen-bond acceptors (Lipinski definition) is 6. The molecule has 0 aliphatic carbocycles. The number of urea groups is 1. The molecule has 2 aromatic carbocycles. The summed E-state index contributed by atoms with van der Waals surface area (Å²) >= 11 is 0. The fourth-order valence-corrected chi connectivity index (χ4v) is 5.06. The molecule has 10 heteroatoms. The number of Topliss-reactive ketones (excluding diaryl/α,β-unsaturated/α-hetero) is 1. The first-order valence-corrected chi connectivity index (χ1v) is 12.1. The van der Waals surface area contributed by atoms with E-state index in [4.69, 9.17) is 10.5 Å². The van der Waals surface area contributed by atoms with Crippen molar-refractivity contribution in [2.75, 3.05) is 25.4 Å². The van der Waals surface area contributed by atoms with Gasteiger partial charge in [0.1, 0.15) is 24.0 Å². The first-order chi connectivity index (χ1) is 17.9. The number of ketones is 1. The van der Waals surface area contributed by atoms with Crippen LogP contribution in [-0.4, -0.2) is 56.3 Å². The maximum atomic E-state index is 14.0. The lowest BCUT2D eigenvalue weighted by molar-refractivity contribution is -0.122. The summed E-state index contributed by atoms with van der Waals surface area (Å²) in [5, 5.41) is 0. The molecule has 4 heterocycles. The lowest BCUT2D eigenvalue weighted by atomic mass is 9.94. The van der Waals surface area contributed by atoms with E-state index in [1.807, 2.05) is 24.3 Å². The van der Waals surface area contributed by atoms with Gasteiger partial charge in [0, 0.05) is 36.7 Å². The van der Waals surface area contributed by atoms with Crippen molar-refractivity contribution in [1.82, 2.24) is 24.8 Å². The van der Waals surface area contributed by atoms with Gasteiger partial charge in [0.25, 0.3) is 0 Å². The number of anilines is 1. The standard InChI is InChI=1S/C27H25FN6O3/c28-20-3-1-2-17(11-20)23-13-21(35)6-7-34(23)27(36)33-8-9-37-24-5-4-16(10-19(24)15-33)18-12-22-25(30-14-18)32-26(29)31-22/h1-5,10-12,14,23H,6-9,13,15H2,(H3,29,30,31,32). The van der Waals surface area contributed by atoms with Gasteiger partial charge in [-0.25, -0.2) is 14.2 Å². The van der Waals surface area contributed by atoms with Crippen molar-refractivity contribution in [2.24, 2.45) is 0 Å². The molecule has 2 aromatic heterocycles. The van der Waals surface area contributed by atoms with Gasteiger partial charge in [-0.05, 0) is 41.5 Å².